The Labute approximate surface area is 166 Å². The minimum absolute atomic E-state index is 0.0508. The van der Waals surface area contributed by atoms with Crippen molar-refractivity contribution in [1.29, 1.82) is 0 Å². The number of amides is 1. The van der Waals surface area contributed by atoms with E-state index >= 15 is 0 Å². The SMILES string of the molecule is CC1(C)CC(NC(=O)c2cc(Br)nn2-c2ncccc2Cl)CC(C)(C)N1. The Morgan fingerprint density at radius 1 is 1.35 bits per heavy atom. The zero-order valence-electron chi connectivity index (χ0n) is 15.3. The van der Waals surface area contributed by atoms with E-state index in [1.165, 1.54) is 4.68 Å². The first-order valence-electron chi connectivity index (χ1n) is 8.53. The van der Waals surface area contributed by atoms with Crippen molar-refractivity contribution in [2.75, 3.05) is 0 Å². The molecule has 0 aromatic carbocycles. The van der Waals surface area contributed by atoms with Gasteiger partial charge in [0.2, 0.25) is 0 Å². The lowest BCUT2D eigenvalue weighted by Crippen LogP contribution is -2.62. The zero-order valence-corrected chi connectivity index (χ0v) is 17.6. The molecule has 1 aliphatic rings. The van der Waals surface area contributed by atoms with Gasteiger partial charge in [0.05, 0.1) is 5.02 Å². The molecule has 3 heterocycles. The standard InChI is InChI=1S/C18H23BrClN5O/c1-17(2)9-11(10-18(3,4)24-17)22-16(26)13-8-14(19)23-25(13)15-12(20)6-5-7-21-15/h5-8,11,24H,9-10H2,1-4H3,(H,22,26). The molecule has 0 unspecified atom stereocenters. The fraction of sp³-hybridized carbons (Fsp3) is 0.500. The van der Waals surface area contributed by atoms with Crippen molar-refractivity contribution in [3.05, 3.63) is 39.7 Å². The number of rotatable bonds is 3. The quantitative estimate of drug-likeness (QED) is 0.763. The van der Waals surface area contributed by atoms with E-state index < -0.39 is 0 Å². The predicted octanol–water partition coefficient (Wildman–Crippen LogP) is 3.72. The maximum atomic E-state index is 13.0. The monoisotopic (exact) mass is 439 g/mol. The third kappa shape index (κ3) is 4.27. The van der Waals surface area contributed by atoms with E-state index in [4.69, 9.17) is 11.6 Å². The zero-order chi connectivity index (χ0) is 19.1. The van der Waals surface area contributed by atoms with Gasteiger partial charge >= 0.3 is 0 Å². The second-order valence-electron chi connectivity index (χ2n) is 8.04. The number of nitrogens with one attached hydrogen (secondary N) is 2. The lowest BCUT2D eigenvalue weighted by molar-refractivity contribution is 0.0865. The van der Waals surface area contributed by atoms with Crippen LogP contribution < -0.4 is 10.6 Å². The normalized spacial score (nSPS) is 19.3. The first-order chi connectivity index (χ1) is 12.1. The van der Waals surface area contributed by atoms with Crippen LogP contribution in [0.15, 0.2) is 29.0 Å². The Kier molecular flexibility index (Phi) is 5.16. The molecule has 2 aromatic rings. The first kappa shape index (κ1) is 19.3. The van der Waals surface area contributed by atoms with E-state index in [0.29, 0.717) is 21.1 Å². The van der Waals surface area contributed by atoms with Gasteiger partial charge in [-0.25, -0.2) is 9.67 Å². The van der Waals surface area contributed by atoms with Crippen LogP contribution in [0.1, 0.15) is 51.0 Å². The van der Waals surface area contributed by atoms with Crippen LogP contribution in [0.4, 0.5) is 0 Å². The highest BCUT2D eigenvalue weighted by Gasteiger charge is 2.38. The van der Waals surface area contributed by atoms with Crippen molar-refractivity contribution >= 4 is 33.4 Å². The highest BCUT2D eigenvalue weighted by atomic mass is 79.9. The van der Waals surface area contributed by atoms with Gasteiger partial charge in [0.25, 0.3) is 5.91 Å². The summed E-state index contributed by atoms with van der Waals surface area (Å²) in [5.41, 5.74) is 0.293. The van der Waals surface area contributed by atoms with Crippen LogP contribution in [-0.2, 0) is 0 Å². The number of carbonyl (C=O) groups is 1. The van der Waals surface area contributed by atoms with Crippen LogP contribution in [0.25, 0.3) is 5.82 Å². The van der Waals surface area contributed by atoms with Crippen LogP contribution in [-0.4, -0.2) is 37.8 Å². The Morgan fingerprint density at radius 2 is 2.00 bits per heavy atom. The summed E-state index contributed by atoms with van der Waals surface area (Å²) in [7, 11) is 0. The number of piperidine rings is 1. The minimum Gasteiger partial charge on any atom is -0.348 e. The van der Waals surface area contributed by atoms with Crippen molar-refractivity contribution in [2.45, 2.75) is 57.7 Å². The van der Waals surface area contributed by atoms with Gasteiger partial charge in [-0.15, -0.1) is 0 Å². The highest BCUT2D eigenvalue weighted by molar-refractivity contribution is 9.10. The number of hydrogen-bond acceptors (Lipinski definition) is 4. The molecule has 1 aliphatic heterocycles. The largest absolute Gasteiger partial charge is 0.348 e. The summed E-state index contributed by atoms with van der Waals surface area (Å²) in [5, 5.41) is 11.5. The lowest BCUT2D eigenvalue weighted by Gasteiger charge is -2.46. The van der Waals surface area contributed by atoms with Crippen LogP contribution in [0.5, 0.6) is 0 Å². The summed E-state index contributed by atoms with van der Waals surface area (Å²) in [4.78, 5) is 17.2. The molecule has 26 heavy (non-hydrogen) atoms. The molecule has 3 rings (SSSR count). The Balaban J connectivity index is 1.86. The molecule has 0 bridgehead atoms. The van der Waals surface area contributed by atoms with E-state index in [-0.39, 0.29) is 23.0 Å². The van der Waals surface area contributed by atoms with E-state index in [9.17, 15) is 4.79 Å². The van der Waals surface area contributed by atoms with E-state index in [1.807, 2.05) is 0 Å². The Morgan fingerprint density at radius 3 is 2.62 bits per heavy atom. The summed E-state index contributed by atoms with van der Waals surface area (Å²) in [6, 6.07) is 5.20. The molecule has 0 aliphatic carbocycles. The van der Waals surface area contributed by atoms with Crippen LogP contribution in [0.2, 0.25) is 5.02 Å². The molecule has 1 saturated heterocycles. The van der Waals surface area contributed by atoms with Crippen LogP contribution >= 0.6 is 27.5 Å². The Bertz CT molecular complexity index is 817. The first-order valence-corrected chi connectivity index (χ1v) is 9.70. The Hall–Kier alpha value is -1.44. The molecule has 0 saturated carbocycles. The van der Waals surface area contributed by atoms with Gasteiger partial charge in [0, 0.05) is 29.4 Å². The summed E-state index contributed by atoms with van der Waals surface area (Å²) < 4.78 is 2.02. The molecule has 8 heteroatoms. The molecule has 2 aromatic heterocycles. The van der Waals surface area contributed by atoms with Crippen molar-refractivity contribution in [3.63, 3.8) is 0 Å². The third-order valence-electron chi connectivity index (χ3n) is 4.38. The number of pyridine rings is 1. The van der Waals surface area contributed by atoms with Crippen molar-refractivity contribution in [2.24, 2.45) is 0 Å². The minimum atomic E-state index is -0.191. The highest BCUT2D eigenvalue weighted by Crippen LogP contribution is 2.29. The topological polar surface area (TPSA) is 71.8 Å². The average molecular weight is 441 g/mol. The summed E-state index contributed by atoms with van der Waals surface area (Å²) in [5.74, 6) is 0.236. The second kappa shape index (κ2) is 6.94. The van der Waals surface area contributed by atoms with Crippen molar-refractivity contribution in [3.8, 4) is 5.82 Å². The number of carbonyl (C=O) groups excluding carboxylic acids is 1. The maximum Gasteiger partial charge on any atom is 0.270 e. The molecule has 6 nitrogen and oxygen atoms in total. The molecule has 0 atom stereocenters. The van der Waals surface area contributed by atoms with Gasteiger partial charge < -0.3 is 10.6 Å². The van der Waals surface area contributed by atoms with Crippen LogP contribution in [0.3, 0.4) is 0 Å². The van der Waals surface area contributed by atoms with Gasteiger partial charge in [0.15, 0.2) is 5.82 Å². The number of aromatic nitrogens is 3. The number of hydrogen-bond donors (Lipinski definition) is 2. The molecule has 0 radical (unpaired) electrons. The van der Waals surface area contributed by atoms with E-state index in [1.54, 1.807) is 24.4 Å². The van der Waals surface area contributed by atoms with Crippen LogP contribution in [0, 0.1) is 0 Å². The third-order valence-corrected chi connectivity index (χ3v) is 5.06. The number of halogens is 2. The van der Waals surface area contributed by atoms with Gasteiger partial charge in [-0.2, -0.15) is 5.10 Å². The predicted molar refractivity (Wildman–Crippen MR) is 106 cm³/mol. The maximum absolute atomic E-state index is 13.0. The van der Waals surface area contributed by atoms with Gasteiger partial charge in [0.1, 0.15) is 10.3 Å². The second-order valence-corrected chi connectivity index (χ2v) is 9.26. The van der Waals surface area contributed by atoms with Gasteiger partial charge in [-0.3, -0.25) is 4.79 Å². The molecule has 140 valence electrons. The fourth-order valence-electron chi connectivity index (χ4n) is 3.89. The molecular weight excluding hydrogens is 418 g/mol. The molecule has 0 spiro atoms. The van der Waals surface area contributed by atoms with E-state index in [0.717, 1.165) is 12.8 Å². The molecular formula is C18H23BrClN5O. The number of nitrogens with zero attached hydrogens (tertiary/aromatic N) is 3. The summed E-state index contributed by atoms with van der Waals surface area (Å²) >= 11 is 9.57. The van der Waals surface area contributed by atoms with Gasteiger partial charge in [-0.1, -0.05) is 11.6 Å². The van der Waals surface area contributed by atoms with E-state index in [2.05, 4.69) is 64.3 Å². The molecule has 1 amide bonds. The summed E-state index contributed by atoms with van der Waals surface area (Å²) in [6.07, 6.45) is 3.32. The molecule has 1 fully saturated rings. The van der Waals surface area contributed by atoms with Gasteiger partial charge in [-0.05, 0) is 68.6 Å². The molecule has 2 N–H and O–H groups in total. The summed E-state index contributed by atoms with van der Waals surface area (Å²) in [6.45, 7) is 8.62. The lowest BCUT2D eigenvalue weighted by atomic mass is 9.79. The fourth-order valence-corrected chi connectivity index (χ4v) is 4.47. The van der Waals surface area contributed by atoms with Crippen molar-refractivity contribution < 1.29 is 4.79 Å². The van der Waals surface area contributed by atoms with Crippen molar-refractivity contribution in [1.82, 2.24) is 25.4 Å². The average Bonchev–Trinajstić information content (AvgIpc) is 2.86. The smallest absolute Gasteiger partial charge is 0.270 e.